The number of nitrogens with zero attached hydrogens (tertiary/aromatic N) is 3. The third-order valence-corrected chi connectivity index (χ3v) is 5.14. The largest absolute Gasteiger partial charge is 0.264 e. The van der Waals surface area contributed by atoms with Crippen molar-refractivity contribution < 1.29 is 0 Å². The molecule has 0 bridgehead atoms. The van der Waals surface area contributed by atoms with Crippen molar-refractivity contribution in [1.29, 1.82) is 0 Å². The first-order chi connectivity index (χ1) is 11.3. The molecule has 0 unspecified atom stereocenters. The maximum atomic E-state index is 4.80. The zero-order chi connectivity index (χ0) is 15.6. The van der Waals surface area contributed by atoms with E-state index in [2.05, 4.69) is 51.2 Å². The van der Waals surface area contributed by atoms with Gasteiger partial charge in [-0.15, -0.1) is 11.3 Å². The lowest BCUT2D eigenvalue weighted by Crippen LogP contribution is -1.98. The third kappa shape index (κ3) is 2.85. The number of benzene rings is 1. The summed E-state index contributed by atoms with van der Waals surface area (Å²) in [7, 11) is 0. The Bertz CT molecular complexity index is 929. The first kappa shape index (κ1) is 14.4. The van der Waals surface area contributed by atoms with Crippen LogP contribution in [0.1, 0.15) is 0 Å². The fraction of sp³-hybridized carbons (Fsp3) is 0. The van der Waals surface area contributed by atoms with Gasteiger partial charge in [0.2, 0.25) is 0 Å². The average molecular weight is 382 g/mol. The first-order valence-electron chi connectivity index (χ1n) is 7.13. The molecule has 23 heavy (non-hydrogen) atoms. The number of para-hydroxylation sites is 1. The molecule has 3 aromatic heterocycles. The van der Waals surface area contributed by atoms with Crippen LogP contribution in [0.15, 0.2) is 76.8 Å². The number of hydrogen-bond acceptors (Lipinski definition) is 3. The third-order valence-electron chi connectivity index (χ3n) is 3.49. The summed E-state index contributed by atoms with van der Waals surface area (Å²) in [5.41, 5.74) is 4.05. The monoisotopic (exact) mass is 381 g/mol. The van der Waals surface area contributed by atoms with Crippen molar-refractivity contribution in [2.75, 3.05) is 0 Å². The molecule has 0 N–H and O–H groups in total. The van der Waals surface area contributed by atoms with Crippen LogP contribution < -0.4 is 0 Å². The molecule has 0 radical (unpaired) electrons. The molecule has 0 atom stereocenters. The second kappa shape index (κ2) is 6.10. The fourth-order valence-electron chi connectivity index (χ4n) is 2.43. The van der Waals surface area contributed by atoms with Crippen LogP contribution in [-0.4, -0.2) is 14.8 Å². The maximum absolute atomic E-state index is 4.80. The first-order valence-corrected chi connectivity index (χ1v) is 8.74. The zero-order valence-corrected chi connectivity index (χ0v) is 14.5. The molecule has 0 spiro atoms. The van der Waals surface area contributed by atoms with Gasteiger partial charge in [0.25, 0.3) is 0 Å². The van der Waals surface area contributed by atoms with Crippen LogP contribution in [0, 0.1) is 0 Å². The van der Waals surface area contributed by atoms with Crippen LogP contribution in [0.4, 0.5) is 0 Å². The van der Waals surface area contributed by atoms with E-state index in [-0.39, 0.29) is 0 Å². The Morgan fingerprint density at radius 3 is 2.52 bits per heavy atom. The van der Waals surface area contributed by atoms with Crippen molar-refractivity contribution in [2.45, 2.75) is 0 Å². The molecule has 0 saturated heterocycles. The minimum Gasteiger partial charge on any atom is -0.264 e. The van der Waals surface area contributed by atoms with Gasteiger partial charge in [-0.1, -0.05) is 18.2 Å². The summed E-state index contributed by atoms with van der Waals surface area (Å²) in [6.45, 7) is 0. The second-order valence-corrected chi connectivity index (χ2v) is 7.47. The highest BCUT2D eigenvalue weighted by Gasteiger charge is 2.14. The van der Waals surface area contributed by atoms with Gasteiger partial charge in [-0.3, -0.25) is 4.98 Å². The van der Waals surface area contributed by atoms with E-state index < -0.39 is 0 Å². The highest BCUT2D eigenvalue weighted by Crippen LogP contribution is 2.34. The van der Waals surface area contributed by atoms with Crippen molar-refractivity contribution in [3.8, 4) is 27.5 Å². The lowest BCUT2D eigenvalue weighted by molar-refractivity contribution is 0.893. The van der Waals surface area contributed by atoms with Gasteiger partial charge >= 0.3 is 0 Å². The van der Waals surface area contributed by atoms with Gasteiger partial charge in [0.1, 0.15) is 0 Å². The molecule has 4 rings (SSSR count). The minimum absolute atomic E-state index is 0.918. The van der Waals surface area contributed by atoms with Gasteiger partial charge < -0.3 is 0 Å². The van der Waals surface area contributed by atoms with Crippen LogP contribution >= 0.6 is 27.3 Å². The molecule has 1 aromatic carbocycles. The molecule has 0 aliphatic carbocycles. The number of hydrogen-bond donors (Lipinski definition) is 0. The van der Waals surface area contributed by atoms with Gasteiger partial charge in [-0.25, -0.2) is 4.68 Å². The molecule has 0 amide bonds. The molecule has 0 aliphatic rings. The lowest BCUT2D eigenvalue weighted by Gasteiger charge is -2.05. The van der Waals surface area contributed by atoms with E-state index in [9.17, 15) is 0 Å². The summed E-state index contributed by atoms with van der Waals surface area (Å²) in [6, 6.07) is 20.4. The molecule has 0 aliphatic heterocycles. The number of halogens is 1. The quantitative estimate of drug-likeness (QED) is 0.473. The van der Waals surface area contributed by atoms with Gasteiger partial charge in [-0.05, 0) is 58.4 Å². The maximum Gasteiger partial charge on any atom is 0.0949 e. The van der Waals surface area contributed by atoms with Crippen LogP contribution in [0.3, 0.4) is 0 Å². The van der Waals surface area contributed by atoms with E-state index in [1.54, 1.807) is 17.5 Å². The van der Waals surface area contributed by atoms with E-state index >= 15 is 0 Å². The Morgan fingerprint density at radius 1 is 0.957 bits per heavy atom. The Labute approximate surface area is 146 Å². The molecule has 3 heterocycles. The summed E-state index contributed by atoms with van der Waals surface area (Å²) in [5.74, 6) is 0. The molecule has 3 nitrogen and oxygen atoms in total. The summed E-state index contributed by atoms with van der Waals surface area (Å²) in [4.78, 5) is 5.37. The van der Waals surface area contributed by atoms with E-state index in [0.717, 1.165) is 26.4 Å². The highest BCUT2D eigenvalue weighted by atomic mass is 79.9. The van der Waals surface area contributed by atoms with Gasteiger partial charge in [0, 0.05) is 18.0 Å². The van der Waals surface area contributed by atoms with E-state index in [1.165, 1.54) is 4.88 Å². The Balaban J connectivity index is 1.91. The zero-order valence-electron chi connectivity index (χ0n) is 12.1. The molecular formula is C18H12BrN3S. The summed E-state index contributed by atoms with van der Waals surface area (Å²) in [6.07, 6.45) is 3.61. The number of aromatic nitrogens is 3. The van der Waals surface area contributed by atoms with Crippen LogP contribution in [0.25, 0.3) is 27.5 Å². The fourth-order valence-corrected chi connectivity index (χ4v) is 3.82. The normalized spacial score (nSPS) is 10.8. The number of rotatable bonds is 3. The van der Waals surface area contributed by atoms with Crippen molar-refractivity contribution in [3.63, 3.8) is 0 Å². The standard InChI is InChI=1S/C18H12BrN3S/c19-18-9-8-17(23-18)16-11-15(13-5-4-10-20-12-13)21-22(16)14-6-2-1-3-7-14/h1-12H. The van der Waals surface area contributed by atoms with Crippen molar-refractivity contribution in [3.05, 3.63) is 76.8 Å². The lowest BCUT2D eigenvalue weighted by atomic mass is 10.2. The van der Waals surface area contributed by atoms with Crippen LogP contribution in [0.5, 0.6) is 0 Å². The van der Waals surface area contributed by atoms with Crippen molar-refractivity contribution in [2.24, 2.45) is 0 Å². The van der Waals surface area contributed by atoms with Crippen molar-refractivity contribution >= 4 is 27.3 Å². The summed E-state index contributed by atoms with van der Waals surface area (Å²) in [5, 5.41) is 4.80. The van der Waals surface area contributed by atoms with E-state index in [4.69, 9.17) is 5.10 Å². The topological polar surface area (TPSA) is 30.7 Å². The van der Waals surface area contributed by atoms with Crippen LogP contribution in [0.2, 0.25) is 0 Å². The highest BCUT2D eigenvalue weighted by molar-refractivity contribution is 9.11. The predicted octanol–water partition coefficient (Wildman–Crippen LogP) is 5.43. The minimum atomic E-state index is 0.918. The molecule has 0 saturated carbocycles. The Kier molecular flexibility index (Phi) is 3.81. The molecule has 5 heteroatoms. The molecular weight excluding hydrogens is 370 g/mol. The smallest absolute Gasteiger partial charge is 0.0949 e. The molecule has 4 aromatic rings. The molecule has 0 fully saturated rings. The Hall–Kier alpha value is -2.24. The summed E-state index contributed by atoms with van der Waals surface area (Å²) >= 11 is 5.24. The van der Waals surface area contributed by atoms with Crippen molar-refractivity contribution in [1.82, 2.24) is 14.8 Å². The van der Waals surface area contributed by atoms with E-state index in [0.29, 0.717) is 0 Å². The Morgan fingerprint density at radius 2 is 1.83 bits per heavy atom. The number of pyridine rings is 1. The van der Waals surface area contributed by atoms with E-state index in [1.807, 2.05) is 41.2 Å². The van der Waals surface area contributed by atoms with Gasteiger partial charge in [-0.2, -0.15) is 5.10 Å². The van der Waals surface area contributed by atoms with Gasteiger partial charge in [0.15, 0.2) is 0 Å². The average Bonchev–Trinajstić information content (AvgIpc) is 3.23. The van der Waals surface area contributed by atoms with Gasteiger partial charge in [0.05, 0.1) is 25.7 Å². The molecule has 112 valence electrons. The second-order valence-electron chi connectivity index (χ2n) is 5.01. The summed E-state index contributed by atoms with van der Waals surface area (Å²) < 4.78 is 3.09. The SMILES string of the molecule is Brc1ccc(-c2cc(-c3cccnc3)nn2-c2ccccc2)s1. The predicted molar refractivity (Wildman–Crippen MR) is 97.8 cm³/mol. The van der Waals surface area contributed by atoms with Crippen LogP contribution in [-0.2, 0) is 0 Å². The number of thiophene rings is 1.